The van der Waals surface area contributed by atoms with Gasteiger partial charge in [-0.2, -0.15) is 0 Å². The first kappa shape index (κ1) is 18.0. The number of hydrogen-bond acceptors (Lipinski definition) is 5. The average molecular weight is 363 g/mol. The summed E-state index contributed by atoms with van der Waals surface area (Å²) in [6, 6.07) is 7.84. The predicted molar refractivity (Wildman–Crippen MR) is 98.7 cm³/mol. The molecule has 2 aromatic rings. The lowest BCUT2D eigenvalue weighted by molar-refractivity contribution is -0.000204. The van der Waals surface area contributed by atoms with E-state index < -0.39 is 0 Å². The molecule has 2 atom stereocenters. The van der Waals surface area contributed by atoms with Gasteiger partial charge in [-0.05, 0) is 37.0 Å². The lowest BCUT2D eigenvalue weighted by Gasteiger charge is -2.37. The van der Waals surface area contributed by atoms with E-state index in [0.29, 0.717) is 24.0 Å². The van der Waals surface area contributed by atoms with Crippen molar-refractivity contribution in [3.8, 4) is 11.6 Å². The first-order valence-corrected chi connectivity index (χ1v) is 9.44. The summed E-state index contributed by atoms with van der Waals surface area (Å²) in [7, 11) is 1.79. The number of thiazole rings is 1. The first-order chi connectivity index (χ1) is 12.0. The normalized spacial score (nSPS) is 23.5. The highest BCUT2D eigenvalue weighted by Gasteiger charge is 2.33. The van der Waals surface area contributed by atoms with Gasteiger partial charge in [-0.25, -0.2) is 0 Å². The van der Waals surface area contributed by atoms with Crippen molar-refractivity contribution in [1.82, 2.24) is 4.98 Å². The number of benzene rings is 1. The minimum absolute atomic E-state index is 0.0340. The van der Waals surface area contributed by atoms with E-state index in [2.05, 4.69) is 11.9 Å². The SMILES string of the molecule is COC1CCCC(C)(COc2ccc(Cc3sc(=O)[nH]c3O)cc2)C1. The number of aromatic nitrogens is 1. The molecule has 5 nitrogen and oxygen atoms in total. The zero-order valence-corrected chi connectivity index (χ0v) is 15.5. The van der Waals surface area contributed by atoms with Gasteiger partial charge < -0.3 is 14.6 Å². The third-order valence-corrected chi connectivity index (χ3v) is 5.81. The van der Waals surface area contributed by atoms with E-state index >= 15 is 0 Å². The quantitative estimate of drug-likeness (QED) is 0.821. The van der Waals surface area contributed by atoms with E-state index in [-0.39, 0.29) is 16.2 Å². The van der Waals surface area contributed by atoms with Crippen LogP contribution in [-0.2, 0) is 11.2 Å². The van der Waals surface area contributed by atoms with Crippen LogP contribution < -0.4 is 9.61 Å². The molecule has 1 saturated carbocycles. The van der Waals surface area contributed by atoms with Gasteiger partial charge in [0.15, 0.2) is 0 Å². The summed E-state index contributed by atoms with van der Waals surface area (Å²) in [6.45, 7) is 2.95. The number of aromatic amines is 1. The fraction of sp³-hybridized carbons (Fsp3) is 0.526. The predicted octanol–water partition coefficient (Wildman–Crippen LogP) is 3.71. The second-order valence-electron chi connectivity index (χ2n) is 7.16. The van der Waals surface area contributed by atoms with Gasteiger partial charge in [0.25, 0.3) is 0 Å². The minimum Gasteiger partial charge on any atom is -0.494 e. The van der Waals surface area contributed by atoms with Crippen molar-refractivity contribution in [3.63, 3.8) is 0 Å². The molecule has 2 unspecified atom stereocenters. The Morgan fingerprint density at radius 1 is 1.36 bits per heavy atom. The summed E-state index contributed by atoms with van der Waals surface area (Å²) < 4.78 is 11.5. The van der Waals surface area contributed by atoms with Gasteiger partial charge in [0.1, 0.15) is 5.75 Å². The molecule has 6 heteroatoms. The van der Waals surface area contributed by atoms with Crippen molar-refractivity contribution in [2.75, 3.05) is 13.7 Å². The average Bonchev–Trinajstić information content (AvgIpc) is 2.91. The Labute approximate surface area is 151 Å². The van der Waals surface area contributed by atoms with Crippen molar-refractivity contribution >= 4 is 11.3 Å². The van der Waals surface area contributed by atoms with Crippen LogP contribution >= 0.6 is 11.3 Å². The van der Waals surface area contributed by atoms with Crippen molar-refractivity contribution in [2.24, 2.45) is 5.41 Å². The molecule has 1 aromatic carbocycles. The number of H-pyrrole nitrogens is 1. The van der Waals surface area contributed by atoms with Crippen LogP contribution in [-0.4, -0.2) is 29.9 Å². The van der Waals surface area contributed by atoms with Gasteiger partial charge in [0.2, 0.25) is 5.88 Å². The maximum absolute atomic E-state index is 11.2. The van der Waals surface area contributed by atoms with E-state index in [4.69, 9.17) is 9.47 Å². The summed E-state index contributed by atoms with van der Waals surface area (Å²) in [4.78, 5) is 14.0. The highest BCUT2D eigenvalue weighted by Crippen LogP contribution is 2.37. The summed E-state index contributed by atoms with van der Waals surface area (Å²) in [5.74, 6) is 0.809. The van der Waals surface area contributed by atoms with E-state index in [1.165, 1.54) is 6.42 Å². The molecular formula is C19H25NO4S. The van der Waals surface area contributed by atoms with E-state index in [0.717, 1.165) is 41.9 Å². The van der Waals surface area contributed by atoms with Crippen molar-refractivity contribution < 1.29 is 14.6 Å². The number of hydrogen-bond donors (Lipinski definition) is 2. The second kappa shape index (κ2) is 7.62. The maximum Gasteiger partial charge on any atom is 0.307 e. The van der Waals surface area contributed by atoms with Crippen molar-refractivity contribution in [1.29, 1.82) is 0 Å². The standard InChI is InChI=1S/C19H25NO4S/c1-19(9-3-4-15(11-19)23-2)12-24-14-7-5-13(6-8-14)10-16-17(21)20-18(22)25-16/h5-8,15,21H,3-4,9-12H2,1-2H3,(H,20,22). The molecule has 0 aliphatic heterocycles. The Bertz CT molecular complexity index is 752. The number of rotatable bonds is 6. The van der Waals surface area contributed by atoms with Crippen LogP contribution in [0.25, 0.3) is 0 Å². The van der Waals surface area contributed by atoms with E-state index in [1.54, 1.807) is 7.11 Å². The Morgan fingerprint density at radius 3 is 2.76 bits per heavy atom. The minimum atomic E-state index is -0.234. The van der Waals surface area contributed by atoms with Gasteiger partial charge in [0, 0.05) is 18.9 Å². The zero-order chi connectivity index (χ0) is 17.9. The van der Waals surface area contributed by atoms with Gasteiger partial charge in [-0.15, -0.1) is 0 Å². The Balaban J connectivity index is 1.57. The molecule has 136 valence electrons. The van der Waals surface area contributed by atoms with Crippen molar-refractivity contribution in [2.45, 2.75) is 45.1 Å². The molecule has 0 saturated heterocycles. The van der Waals surface area contributed by atoms with Crippen LogP contribution in [0.4, 0.5) is 0 Å². The highest BCUT2D eigenvalue weighted by molar-refractivity contribution is 7.09. The third kappa shape index (κ3) is 4.64. The largest absolute Gasteiger partial charge is 0.494 e. The Morgan fingerprint density at radius 2 is 2.12 bits per heavy atom. The van der Waals surface area contributed by atoms with Crippen LogP contribution in [0, 0.1) is 5.41 Å². The fourth-order valence-corrected chi connectivity index (χ4v) is 4.22. The van der Waals surface area contributed by atoms with Crippen LogP contribution in [0.2, 0.25) is 0 Å². The van der Waals surface area contributed by atoms with Crippen LogP contribution in [0.3, 0.4) is 0 Å². The van der Waals surface area contributed by atoms with E-state index in [1.807, 2.05) is 24.3 Å². The molecule has 0 bridgehead atoms. The van der Waals surface area contributed by atoms with Crippen LogP contribution in [0.15, 0.2) is 29.1 Å². The lowest BCUT2D eigenvalue weighted by atomic mass is 9.75. The molecule has 1 aliphatic rings. The number of methoxy groups -OCH3 is 1. The molecule has 0 radical (unpaired) electrons. The first-order valence-electron chi connectivity index (χ1n) is 8.63. The summed E-state index contributed by atoms with van der Waals surface area (Å²) in [5, 5.41) is 9.67. The Kier molecular flexibility index (Phi) is 5.49. The lowest BCUT2D eigenvalue weighted by Crippen LogP contribution is -2.34. The monoisotopic (exact) mass is 363 g/mol. The number of nitrogens with one attached hydrogen (secondary N) is 1. The summed E-state index contributed by atoms with van der Waals surface area (Å²) in [6.07, 6.45) is 5.39. The molecule has 1 aromatic heterocycles. The number of aromatic hydroxyl groups is 1. The van der Waals surface area contributed by atoms with Crippen LogP contribution in [0.1, 0.15) is 43.0 Å². The Hall–Kier alpha value is -1.79. The summed E-state index contributed by atoms with van der Waals surface area (Å²) in [5.41, 5.74) is 1.18. The maximum atomic E-state index is 11.2. The molecule has 1 aliphatic carbocycles. The molecule has 0 spiro atoms. The molecule has 0 amide bonds. The molecule has 25 heavy (non-hydrogen) atoms. The fourth-order valence-electron chi connectivity index (χ4n) is 3.46. The smallest absolute Gasteiger partial charge is 0.307 e. The number of ether oxygens (including phenoxy) is 2. The van der Waals surface area contributed by atoms with Gasteiger partial charge in [-0.1, -0.05) is 36.8 Å². The molecule has 3 rings (SSSR count). The zero-order valence-electron chi connectivity index (χ0n) is 14.7. The van der Waals surface area contributed by atoms with Crippen molar-refractivity contribution in [3.05, 3.63) is 44.4 Å². The second-order valence-corrected chi connectivity index (χ2v) is 8.23. The summed E-state index contributed by atoms with van der Waals surface area (Å²) >= 11 is 1.04. The van der Waals surface area contributed by atoms with E-state index in [9.17, 15) is 9.90 Å². The highest BCUT2D eigenvalue weighted by atomic mass is 32.1. The third-order valence-electron chi connectivity index (χ3n) is 4.94. The molecule has 1 fully saturated rings. The van der Waals surface area contributed by atoms with Gasteiger partial charge >= 0.3 is 4.87 Å². The molecular weight excluding hydrogens is 338 g/mol. The molecule has 1 heterocycles. The van der Waals surface area contributed by atoms with Gasteiger partial charge in [-0.3, -0.25) is 9.78 Å². The van der Waals surface area contributed by atoms with Crippen LogP contribution in [0.5, 0.6) is 11.6 Å². The van der Waals surface area contributed by atoms with Gasteiger partial charge in [0.05, 0.1) is 17.6 Å². The topological polar surface area (TPSA) is 71.5 Å². The molecule has 2 N–H and O–H groups in total.